The summed E-state index contributed by atoms with van der Waals surface area (Å²) in [7, 11) is 0. The summed E-state index contributed by atoms with van der Waals surface area (Å²) < 4.78 is 10.8. The number of aliphatic hydroxyl groups excluding tert-OH is 4. The van der Waals surface area contributed by atoms with Gasteiger partial charge < -0.3 is 45.2 Å². The molecule has 5 atom stereocenters. The Bertz CT molecular complexity index is 956. The lowest BCUT2D eigenvalue weighted by atomic mass is 9.99. The molecule has 0 saturated carbocycles. The van der Waals surface area contributed by atoms with Crippen molar-refractivity contribution >= 4 is 11.9 Å². The lowest BCUT2D eigenvalue weighted by Gasteiger charge is -2.39. The van der Waals surface area contributed by atoms with Gasteiger partial charge in [-0.2, -0.15) is 0 Å². The van der Waals surface area contributed by atoms with E-state index in [1.165, 1.54) is 6.08 Å². The predicted molar refractivity (Wildman–Crippen MR) is 105 cm³/mol. The molecule has 1 heterocycles. The molecular weight excluding hydrogens is 412 g/mol. The van der Waals surface area contributed by atoms with Gasteiger partial charge in [0.25, 0.3) is 0 Å². The number of hydrogen-bond donors (Lipinski definition) is 7. The van der Waals surface area contributed by atoms with Crippen molar-refractivity contribution in [1.82, 2.24) is 0 Å². The quantitative estimate of drug-likeness (QED) is 0.140. The van der Waals surface area contributed by atoms with Crippen molar-refractivity contribution in [2.45, 2.75) is 30.7 Å². The van der Waals surface area contributed by atoms with Crippen LogP contribution in [0.4, 0.5) is 0 Å². The van der Waals surface area contributed by atoms with Crippen LogP contribution in [0.1, 0.15) is 15.9 Å². The average molecular weight is 434 g/mol. The highest BCUT2D eigenvalue weighted by Gasteiger charge is 2.45. The molecular formula is C21H22O10. The number of rotatable bonds is 6. The maximum absolute atomic E-state index is 13.1. The summed E-state index contributed by atoms with van der Waals surface area (Å²) in [6, 6.07) is 10.4. The summed E-state index contributed by atoms with van der Waals surface area (Å²) in [6.45, 7) is -0.691. The lowest BCUT2D eigenvalue weighted by Crippen LogP contribution is -2.59. The number of aromatic hydroxyl groups is 3. The number of carbonyl (C=O) groups is 1. The van der Waals surface area contributed by atoms with Crippen LogP contribution in [-0.2, 0) is 9.47 Å². The maximum Gasteiger partial charge on any atom is 0.231 e. The molecule has 31 heavy (non-hydrogen) atoms. The van der Waals surface area contributed by atoms with Crippen LogP contribution in [0.3, 0.4) is 0 Å². The van der Waals surface area contributed by atoms with Gasteiger partial charge in [-0.25, -0.2) is 0 Å². The van der Waals surface area contributed by atoms with Crippen LogP contribution < -0.4 is 0 Å². The van der Waals surface area contributed by atoms with Crippen LogP contribution in [0.5, 0.6) is 17.2 Å². The summed E-state index contributed by atoms with van der Waals surface area (Å²) in [5.41, 5.74) is 0.0833. The summed E-state index contributed by atoms with van der Waals surface area (Å²) in [6.07, 6.45) is -6.76. The van der Waals surface area contributed by atoms with E-state index in [2.05, 4.69) is 0 Å². The van der Waals surface area contributed by atoms with Crippen LogP contribution >= 0.6 is 0 Å². The number of benzene rings is 2. The molecule has 0 bridgehead atoms. The fraction of sp³-hybridized carbons (Fsp3) is 0.286. The Balaban J connectivity index is 1.99. The van der Waals surface area contributed by atoms with E-state index in [0.29, 0.717) is 5.56 Å². The molecule has 1 unspecified atom stereocenters. The first kappa shape index (κ1) is 22.5. The maximum atomic E-state index is 13.1. The van der Waals surface area contributed by atoms with Gasteiger partial charge in [0, 0.05) is 0 Å². The Kier molecular flexibility index (Phi) is 6.78. The zero-order chi connectivity index (χ0) is 22.7. The zero-order valence-electron chi connectivity index (χ0n) is 16.1. The van der Waals surface area contributed by atoms with E-state index in [9.17, 15) is 40.5 Å². The standard InChI is InChI=1S/C21H22O10/c22-9-14-18(27)19(28)20(29)21(31-14)30-13(8-10-4-2-1-3-5-10)15(24)11-6-7-12(23)17(26)16(11)25/h1-8,14,18-23,25-29H,9H2/t14-,18-,19+,20-,21?/m1/s1. The van der Waals surface area contributed by atoms with Crippen molar-refractivity contribution < 1.29 is 50.0 Å². The highest BCUT2D eigenvalue weighted by molar-refractivity contribution is 6.12. The van der Waals surface area contributed by atoms with Gasteiger partial charge in [0.15, 0.2) is 17.3 Å². The van der Waals surface area contributed by atoms with Crippen molar-refractivity contribution in [3.8, 4) is 17.2 Å². The van der Waals surface area contributed by atoms with Gasteiger partial charge in [0.1, 0.15) is 24.4 Å². The van der Waals surface area contributed by atoms with Crippen molar-refractivity contribution in [2.75, 3.05) is 6.61 Å². The first-order valence-corrected chi connectivity index (χ1v) is 9.27. The van der Waals surface area contributed by atoms with Gasteiger partial charge in [-0.1, -0.05) is 30.3 Å². The van der Waals surface area contributed by atoms with Gasteiger partial charge in [0.05, 0.1) is 12.2 Å². The van der Waals surface area contributed by atoms with Crippen molar-refractivity contribution in [3.05, 3.63) is 59.4 Å². The molecule has 3 rings (SSSR count). The second kappa shape index (κ2) is 9.33. The number of phenols is 3. The average Bonchev–Trinajstić information content (AvgIpc) is 2.77. The van der Waals surface area contributed by atoms with E-state index in [0.717, 1.165) is 12.1 Å². The third kappa shape index (κ3) is 4.63. The predicted octanol–water partition coefficient (Wildman–Crippen LogP) is -0.156. The van der Waals surface area contributed by atoms with E-state index in [4.69, 9.17) is 9.47 Å². The fourth-order valence-electron chi connectivity index (χ4n) is 3.03. The van der Waals surface area contributed by atoms with Gasteiger partial charge in [0.2, 0.25) is 17.8 Å². The van der Waals surface area contributed by atoms with Crippen molar-refractivity contribution in [3.63, 3.8) is 0 Å². The van der Waals surface area contributed by atoms with Crippen LogP contribution in [0, 0.1) is 0 Å². The number of carbonyl (C=O) groups excluding carboxylic acids is 1. The van der Waals surface area contributed by atoms with Crippen LogP contribution in [-0.4, -0.2) is 78.8 Å². The SMILES string of the molecule is O=C(C(=Cc1ccccc1)OC1O[C@H](CO)[C@@H](O)[C@H](O)[C@H]1O)c1ccc(O)c(O)c1O. The minimum absolute atomic E-state index is 0.415. The Morgan fingerprint density at radius 2 is 1.61 bits per heavy atom. The van der Waals surface area contributed by atoms with E-state index in [-0.39, 0.29) is 0 Å². The summed E-state index contributed by atoms with van der Waals surface area (Å²) in [4.78, 5) is 13.1. The smallest absolute Gasteiger partial charge is 0.231 e. The van der Waals surface area contributed by atoms with Gasteiger partial charge in [-0.05, 0) is 23.8 Å². The van der Waals surface area contributed by atoms with Gasteiger partial charge >= 0.3 is 0 Å². The molecule has 166 valence electrons. The van der Waals surface area contributed by atoms with E-state index in [1.54, 1.807) is 30.3 Å². The van der Waals surface area contributed by atoms with Crippen molar-refractivity contribution in [2.24, 2.45) is 0 Å². The molecule has 0 radical (unpaired) electrons. The van der Waals surface area contributed by atoms with Crippen LogP contribution in [0.2, 0.25) is 0 Å². The lowest BCUT2D eigenvalue weighted by molar-refractivity contribution is -0.289. The normalized spacial score (nSPS) is 26.5. The molecule has 1 aliphatic rings. The molecule has 0 aromatic heterocycles. The Labute approximate surface area is 176 Å². The Morgan fingerprint density at radius 1 is 0.935 bits per heavy atom. The minimum atomic E-state index is -1.77. The van der Waals surface area contributed by atoms with Crippen LogP contribution in [0.25, 0.3) is 6.08 Å². The molecule has 0 amide bonds. The Morgan fingerprint density at radius 3 is 2.26 bits per heavy atom. The second-order valence-electron chi connectivity index (χ2n) is 6.89. The number of ketones is 1. The number of Topliss-reactive ketones (excluding diaryl/α,β-unsaturated/α-hetero) is 1. The fourth-order valence-corrected chi connectivity index (χ4v) is 3.03. The van der Waals surface area contributed by atoms with Gasteiger partial charge in [-0.15, -0.1) is 0 Å². The number of ether oxygens (including phenoxy) is 2. The van der Waals surface area contributed by atoms with Gasteiger partial charge in [-0.3, -0.25) is 4.79 Å². The summed E-state index contributed by atoms with van der Waals surface area (Å²) in [5, 5.41) is 68.7. The molecule has 1 saturated heterocycles. The van der Waals surface area contributed by atoms with E-state index >= 15 is 0 Å². The highest BCUT2D eigenvalue weighted by Crippen LogP contribution is 2.38. The molecule has 2 aromatic carbocycles. The number of aliphatic hydroxyl groups is 4. The summed E-state index contributed by atoms with van der Waals surface area (Å²) in [5.74, 6) is -3.82. The largest absolute Gasteiger partial charge is 0.504 e. The monoisotopic (exact) mass is 434 g/mol. The third-order valence-corrected chi connectivity index (χ3v) is 4.79. The van der Waals surface area contributed by atoms with Crippen molar-refractivity contribution in [1.29, 1.82) is 0 Å². The zero-order valence-corrected chi connectivity index (χ0v) is 16.1. The summed E-state index contributed by atoms with van der Waals surface area (Å²) >= 11 is 0. The third-order valence-electron chi connectivity index (χ3n) is 4.79. The first-order valence-electron chi connectivity index (χ1n) is 9.27. The molecule has 7 N–H and O–H groups in total. The number of allylic oxidation sites excluding steroid dienone is 1. The molecule has 0 aliphatic carbocycles. The second-order valence-corrected chi connectivity index (χ2v) is 6.89. The molecule has 1 fully saturated rings. The van der Waals surface area contributed by atoms with Crippen LogP contribution in [0.15, 0.2) is 48.2 Å². The van der Waals surface area contributed by atoms with E-state index in [1.807, 2.05) is 0 Å². The first-order chi connectivity index (χ1) is 14.7. The molecule has 2 aromatic rings. The van der Waals surface area contributed by atoms with E-state index < -0.39 is 71.7 Å². The Hall–Kier alpha value is -3.15. The highest BCUT2D eigenvalue weighted by atomic mass is 16.7. The molecule has 10 heteroatoms. The minimum Gasteiger partial charge on any atom is -0.504 e. The number of hydrogen-bond acceptors (Lipinski definition) is 10. The number of phenolic OH excluding ortho intramolecular Hbond substituents is 3. The topological polar surface area (TPSA) is 177 Å². The molecule has 0 spiro atoms. The molecule has 10 nitrogen and oxygen atoms in total. The molecule has 1 aliphatic heterocycles.